The van der Waals surface area contributed by atoms with Gasteiger partial charge in [-0.05, 0) is 52.9 Å². The molecule has 0 unspecified atom stereocenters. The minimum Gasteiger partial charge on any atom is -0.289 e. The molecule has 1 aliphatic carbocycles. The highest BCUT2D eigenvalue weighted by Gasteiger charge is 2.51. The van der Waals surface area contributed by atoms with Gasteiger partial charge in [0, 0.05) is 0 Å². The molecule has 5 nitrogen and oxygen atoms in total. The van der Waals surface area contributed by atoms with Gasteiger partial charge in [0.15, 0.2) is 14.6 Å². The van der Waals surface area contributed by atoms with Crippen molar-refractivity contribution in [1.82, 2.24) is 5.48 Å². The highest BCUT2D eigenvalue weighted by molar-refractivity contribution is 7.93. The third-order valence-corrected chi connectivity index (χ3v) is 8.45. The van der Waals surface area contributed by atoms with Crippen molar-refractivity contribution in [2.24, 2.45) is 0 Å². The average Bonchev–Trinajstić information content (AvgIpc) is 2.84. The molecule has 32 heavy (non-hydrogen) atoms. The normalized spacial score (nSPS) is 15.5. The third-order valence-electron chi connectivity index (χ3n) is 5.94. The zero-order valence-corrected chi connectivity index (χ0v) is 19.5. The Labute approximate surface area is 190 Å². The highest BCUT2D eigenvalue weighted by atomic mass is 32.2. The van der Waals surface area contributed by atoms with Gasteiger partial charge in [-0.2, -0.15) is 0 Å². The van der Waals surface area contributed by atoms with E-state index in [-0.39, 0.29) is 17.7 Å². The van der Waals surface area contributed by atoms with E-state index < -0.39 is 20.5 Å². The molecule has 1 amide bonds. The van der Waals surface area contributed by atoms with Crippen LogP contribution in [0.3, 0.4) is 0 Å². The number of carbonyl (C=O) groups excluding carboxylic acids is 1. The van der Waals surface area contributed by atoms with Crippen molar-refractivity contribution >= 4 is 26.5 Å². The fourth-order valence-electron chi connectivity index (χ4n) is 4.26. The van der Waals surface area contributed by atoms with Gasteiger partial charge in [-0.3, -0.25) is 10.0 Å². The molecular weight excluding hydrogens is 422 g/mol. The number of benzene rings is 3. The number of sulfone groups is 1. The number of carbonyl (C=O) groups is 1. The maximum Gasteiger partial charge on any atom is 0.265 e. The Hall–Kier alpha value is -2.70. The van der Waals surface area contributed by atoms with Crippen molar-refractivity contribution in [1.29, 1.82) is 0 Å². The van der Waals surface area contributed by atoms with Gasteiger partial charge in [0.05, 0.1) is 4.90 Å². The quantitative estimate of drug-likeness (QED) is 0.380. The maximum absolute atomic E-state index is 13.4. The minimum absolute atomic E-state index is 0.104. The van der Waals surface area contributed by atoms with Crippen molar-refractivity contribution in [2.45, 2.75) is 62.0 Å². The van der Waals surface area contributed by atoms with E-state index in [0.717, 1.165) is 28.3 Å². The van der Waals surface area contributed by atoms with E-state index in [0.29, 0.717) is 12.8 Å². The van der Waals surface area contributed by atoms with Crippen LogP contribution >= 0.6 is 0 Å². The van der Waals surface area contributed by atoms with Gasteiger partial charge in [0.1, 0.15) is 0 Å². The summed E-state index contributed by atoms with van der Waals surface area (Å²) in [4.78, 5) is 12.5. The summed E-state index contributed by atoms with van der Waals surface area (Å²) in [7, 11) is -3.94. The van der Waals surface area contributed by atoms with Crippen molar-refractivity contribution in [3.63, 3.8) is 0 Å². The largest absolute Gasteiger partial charge is 0.289 e. The second-order valence-electron chi connectivity index (χ2n) is 8.29. The molecule has 1 aliphatic rings. The molecule has 0 atom stereocenters. The fraction of sp³-hybridized carbons (Fsp3) is 0.346. The van der Waals surface area contributed by atoms with Crippen molar-refractivity contribution in [2.75, 3.05) is 0 Å². The van der Waals surface area contributed by atoms with E-state index in [1.54, 1.807) is 29.7 Å². The van der Waals surface area contributed by atoms with Crippen LogP contribution in [0.15, 0.2) is 71.6 Å². The Morgan fingerprint density at radius 1 is 0.875 bits per heavy atom. The SMILES string of the molecule is CCC.O=C(NO)C1(S(=O)(=O)c2ccc(-c3ccc4ccccc4c3)cc2)CCCCC1. The van der Waals surface area contributed by atoms with Crippen LogP contribution < -0.4 is 5.48 Å². The average molecular weight is 454 g/mol. The third kappa shape index (κ3) is 4.57. The maximum atomic E-state index is 13.4. The molecule has 3 aromatic carbocycles. The molecule has 6 heteroatoms. The van der Waals surface area contributed by atoms with Crippen molar-refractivity contribution in [3.8, 4) is 11.1 Å². The number of rotatable bonds is 4. The monoisotopic (exact) mass is 453 g/mol. The predicted molar refractivity (Wildman–Crippen MR) is 128 cm³/mol. The number of fused-ring (bicyclic) bond motifs is 1. The minimum atomic E-state index is -3.94. The van der Waals surface area contributed by atoms with E-state index in [1.807, 2.05) is 36.4 Å². The molecule has 0 spiro atoms. The Kier molecular flexibility index (Phi) is 7.69. The first kappa shape index (κ1) is 24.0. The number of hydroxylamine groups is 1. The van der Waals surface area contributed by atoms with E-state index in [1.165, 1.54) is 6.42 Å². The Bertz CT molecular complexity index is 1160. The van der Waals surface area contributed by atoms with E-state index in [9.17, 15) is 18.4 Å². The van der Waals surface area contributed by atoms with E-state index in [4.69, 9.17) is 0 Å². The molecule has 170 valence electrons. The van der Waals surface area contributed by atoms with Gasteiger partial charge in [-0.15, -0.1) is 0 Å². The van der Waals surface area contributed by atoms with Gasteiger partial charge in [-0.25, -0.2) is 13.9 Å². The molecule has 0 aromatic heterocycles. The summed E-state index contributed by atoms with van der Waals surface area (Å²) in [5.74, 6) is -0.837. The summed E-state index contributed by atoms with van der Waals surface area (Å²) in [6.07, 6.45) is 3.85. The molecule has 0 aliphatic heterocycles. The van der Waals surface area contributed by atoms with Crippen LogP contribution in [0.4, 0.5) is 0 Å². The van der Waals surface area contributed by atoms with Crippen LogP contribution in [-0.4, -0.2) is 24.3 Å². The first-order chi connectivity index (χ1) is 15.4. The number of hydrogen-bond donors (Lipinski definition) is 2. The number of nitrogens with one attached hydrogen (secondary N) is 1. The van der Waals surface area contributed by atoms with Crippen molar-refractivity contribution in [3.05, 3.63) is 66.7 Å². The Balaban J connectivity index is 0.000000913. The molecule has 1 saturated carbocycles. The number of hydrogen-bond acceptors (Lipinski definition) is 4. The summed E-state index contributed by atoms with van der Waals surface area (Å²) in [6, 6.07) is 20.8. The van der Waals surface area contributed by atoms with Crippen LogP contribution in [0.1, 0.15) is 52.4 Å². The fourth-order valence-corrected chi connectivity index (χ4v) is 6.33. The summed E-state index contributed by atoms with van der Waals surface area (Å²) in [6.45, 7) is 4.25. The molecule has 0 saturated heterocycles. The van der Waals surface area contributed by atoms with E-state index in [2.05, 4.69) is 19.9 Å². The summed E-state index contributed by atoms with van der Waals surface area (Å²) in [5.41, 5.74) is 3.48. The summed E-state index contributed by atoms with van der Waals surface area (Å²) in [5, 5.41) is 11.4. The molecule has 0 radical (unpaired) electrons. The summed E-state index contributed by atoms with van der Waals surface area (Å²) >= 11 is 0. The van der Waals surface area contributed by atoms with Crippen LogP contribution in [0.2, 0.25) is 0 Å². The standard InChI is InChI=1S/C23H23NO4S.C3H8/c25-22(24-26)23(14-4-1-5-15-23)29(27,28)21-12-10-18(11-13-21)20-9-8-17-6-2-3-7-19(17)16-20;1-3-2/h2-3,6-13,16,26H,1,4-5,14-15H2,(H,24,25);3H2,1-2H3. The van der Waals surface area contributed by atoms with Crippen LogP contribution in [0.25, 0.3) is 21.9 Å². The highest BCUT2D eigenvalue weighted by Crippen LogP contribution is 2.39. The molecule has 0 heterocycles. The second-order valence-corrected chi connectivity index (χ2v) is 10.6. The molecular formula is C26H31NO4S. The van der Waals surface area contributed by atoms with Crippen LogP contribution in [0, 0.1) is 0 Å². The van der Waals surface area contributed by atoms with Crippen molar-refractivity contribution < 1.29 is 18.4 Å². The molecule has 3 aromatic rings. The molecule has 0 bridgehead atoms. The lowest BCUT2D eigenvalue weighted by Crippen LogP contribution is -2.52. The smallest absolute Gasteiger partial charge is 0.265 e. The topological polar surface area (TPSA) is 83.5 Å². The zero-order valence-electron chi connectivity index (χ0n) is 18.7. The molecule has 1 fully saturated rings. The number of amides is 1. The Morgan fingerprint density at radius 3 is 2.03 bits per heavy atom. The van der Waals surface area contributed by atoms with Gasteiger partial charge in [0.25, 0.3) is 5.91 Å². The van der Waals surface area contributed by atoms with Gasteiger partial charge in [-0.1, -0.05) is 88.1 Å². The lowest BCUT2D eigenvalue weighted by molar-refractivity contribution is -0.132. The first-order valence-corrected chi connectivity index (χ1v) is 12.7. The Morgan fingerprint density at radius 2 is 1.44 bits per heavy atom. The summed E-state index contributed by atoms with van der Waals surface area (Å²) < 4.78 is 25.1. The first-order valence-electron chi connectivity index (χ1n) is 11.2. The van der Waals surface area contributed by atoms with Gasteiger partial charge < -0.3 is 0 Å². The van der Waals surface area contributed by atoms with Gasteiger partial charge >= 0.3 is 0 Å². The van der Waals surface area contributed by atoms with Crippen LogP contribution in [-0.2, 0) is 14.6 Å². The molecule has 4 rings (SSSR count). The lowest BCUT2D eigenvalue weighted by Gasteiger charge is -2.34. The lowest BCUT2D eigenvalue weighted by atomic mass is 9.88. The predicted octanol–water partition coefficient (Wildman–Crippen LogP) is 5.91. The zero-order chi connectivity index (χ0) is 23.2. The van der Waals surface area contributed by atoms with Crippen LogP contribution in [0.5, 0.6) is 0 Å². The van der Waals surface area contributed by atoms with Gasteiger partial charge in [0.2, 0.25) is 0 Å². The molecule has 2 N–H and O–H groups in total. The second kappa shape index (κ2) is 10.3. The van der Waals surface area contributed by atoms with E-state index >= 15 is 0 Å².